The smallest absolute Gasteiger partial charge is 0.254 e. The summed E-state index contributed by atoms with van der Waals surface area (Å²) in [6.45, 7) is 0. The van der Waals surface area contributed by atoms with E-state index >= 15 is 0 Å². The molecule has 1 saturated carbocycles. The van der Waals surface area contributed by atoms with Crippen molar-refractivity contribution >= 4 is 63.2 Å². The number of imide groups is 1. The zero-order valence-electron chi connectivity index (χ0n) is 12.5. The van der Waals surface area contributed by atoms with Crippen LogP contribution >= 0.6 is 45.2 Å². The lowest BCUT2D eigenvalue weighted by Crippen LogP contribution is -2.38. The van der Waals surface area contributed by atoms with E-state index in [0.717, 1.165) is 23.4 Å². The topological polar surface area (TPSA) is 70.0 Å². The number of benzene rings is 1. The van der Waals surface area contributed by atoms with E-state index in [9.17, 15) is 14.7 Å². The van der Waals surface area contributed by atoms with Crippen molar-refractivity contribution in [1.82, 2.24) is 5.01 Å². The summed E-state index contributed by atoms with van der Waals surface area (Å²) < 4.78 is 1.41. The minimum absolute atomic E-state index is 0.173. The van der Waals surface area contributed by atoms with E-state index < -0.39 is 0 Å². The third-order valence-corrected chi connectivity index (χ3v) is 6.74. The Labute approximate surface area is 166 Å². The van der Waals surface area contributed by atoms with Gasteiger partial charge in [-0.2, -0.15) is 10.1 Å². The van der Waals surface area contributed by atoms with Gasteiger partial charge < -0.3 is 5.11 Å². The monoisotopic (exact) mass is 548 g/mol. The molecule has 124 valence electrons. The molecule has 5 rings (SSSR count). The molecule has 1 heterocycles. The summed E-state index contributed by atoms with van der Waals surface area (Å²) in [5.74, 6) is -0.251. The second kappa shape index (κ2) is 6.08. The third-order valence-electron chi connectivity index (χ3n) is 5.10. The van der Waals surface area contributed by atoms with E-state index in [1.54, 1.807) is 12.1 Å². The highest BCUT2D eigenvalue weighted by atomic mass is 127. The van der Waals surface area contributed by atoms with Crippen molar-refractivity contribution in [2.45, 2.75) is 12.8 Å². The Bertz CT molecular complexity index is 750. The zero-order chi connectivity index (χ0) is 17.0. The molecular weight excluding hydrogens is 534 g/mol. The third kappa shape index (κ3) is 2.51. The number of nitrogens with zero attached hydrogens (tertiary/aromatic N) is 2. The van der Waals surface area contributed by atoms with Crippen LogP contribution in [0, 0.1) is 30.8 Å². The summed E-state index contributed by atoms with van der Waals surface area (Å²) in [6.07, 6.45) is 7.67. The molecule has 1 aromatic carbocycles. The maximum atomic E-state index is 12.7. The first-order valence-electron chi connectivity index (χ1n) is 7.75. The average molecular weight is 548 g/mol. The van der Waals surface area contributed by atoms with Crippen molar-refractivity contribution in [3.05, 3.63) is 37.0 Å². The standard InChI is InChI=1S/C17H14I2N2O3/c18-11-5-8(6-12(19)15(11)22)7-20-21-16(23)13-9-1-2-10(4-3-9)14(13)17(21)24/h1-2,5-7,9-10,13-14,22H,3-4H2/b20-7-/t9-,10-,13-,14+/m0/s1. The van der Waals surface area contributed by atoms with Crippen molar-refractivity contribution in [2.75, 3.05) is 0 Å². The summed E-state index contributed by atoms with van der Waals surface area (Å²) in [7, 11) is 0. The summed E-state index contributed by atoms with van der Waals surface area (Å²) in [5, 5.41) is 15.1. The molecule has 0 aromatic heterocycles. The van der Waals surface area contributed by atoms with E-state index in [4.69, 9.17) is 0 Å². The van der Waals surface area contributed by atoms with Gasteiger partial charge in [-0.25, -0.2) is 0 Å². The maximum Gasteiger partial charge on any atom is 0.254 e. The second-order valence-electron chi connectivity index (χ2n) is 6.41. The highest BCUT2D eigenvalue weighted by Gasteiger charge is 2.56. The van der Waals surface area contributed by atoms with Gasteiger partial charge in [0.15, 0.2) is 0 Å². The Kier molecular flexibility index (Phi) is 4.18. The van der Waals surface area contributed by atoms with Crippen molar-refractivity contribution in [3.8, 4) is 5.75 Å². The minimum Gasteiger partial charge on any atom is -0.506 e. The Balaban J connectivity index is 1.62. The normalized spacial score (nSPS) is 31.3. The van der Waals surface area contributed by atoms with Crippen molar-refractivity contribution < 1.29 is 14.7 Å². The molecule has 5 nitrogen and oxygen atoms in total. The number of phenolic OH excluding ortho intramolecular Hbond substituents is 1. The lowest BCUT2D eigenvalue weighted by molar-refractivity contribution is -0.140. The number of amides is 2. The number of halogens is 2. The first kappa shape index (κ1) is 16.5. The molecule has 4 atom stereocenters. The molecule has 0 spiro atoms. The number of rotatable bonds is 2. The van der Waals surface area contributed by atoms with Gasteiger partial charge in [-0.3, -0.25) is 9.59 Å². The number of fused-ring (bicyclic) bond motifs is 1. The Morgan fingerprint density at radius 2 is 1.54 bits per heavy atom. The Morgan fingerprint density at radius 3 is 2.00 bits per heavy atom. The number of phenols is 1. The van der Waals surface area contributed by atoms with Crippen LogP contribution in [0.3, 0.4) is 0 Å². The highest BCUT2D eigenvalue weighted by molar-refractivity contribution is 14.1. The number of carbonyl (C=O) groups is 2. The number of hydrogen-bond acceptors (Lipinski definition) is 4. The fourth-order valence-corrected chi connectivity index (χ4v) is 5.77. The van der Waals surface area contributed by atoms with Crippen LogP contribution in [-0.4, -0.2) is 28.1 Å². The van der Waals surface area contributed by atoms with Gasteiger partial charge in [0.25, 0.3) is 11.8 Å². The van der Waals surface area contributed by atoms with E-state index in [1.807, 2.05) is 45.2 Å². The van der Waals surface area contributed by atoms with Gasteiger partial charge in [-0.05, 0) is 87.6 Å². The highest BCUT2D eigenvalue weighted by Crippen LogP contribution is 2.49. The predicted octanol–water partition coefficient (Wildman–Crippen LogP) is 3.13. The fourth-order valence-electron chi connectivity index (χ4n) is 3.96. The summed E-state index contributed by atoms with van der Waals surface area (Å²) in [4.78, 5) is 25.3. The van der Waals surface area contributed by atoms with Crippen LogP contribution in [0.25, 0.3) is 0 Å². The molecule has 1 aromatic rings. The van der Waals surface area contributed by atoms with Crippen molar-refractivity contribution in [1.29, 1.82) is 0 Å². The van der Waals surface area contributed by atoms with Crippen LogP contribution in [0.5, 0.6) is 5.75 Å². The number of hydrazone groups is 1. The van der Waals surface area contributed by atoms with E-state index in [2.05, 4.69) is 17.3 Å². The SMILES string of the molecule is O=C1[C@@H]2[C@H](C(=O)N1/N=C\c1cc(I)c(O)c(I)c1)[C@H]1C=C[C@H]2CC1. The molecule has 0 radical (unpaired) electrons. The van der Waals surface area contributed by atoms with Gasteiger partial charge in [0.05, 0.1) is 25.2 Å². The summed E-state index contributed by atoms with van der Waals surface area (Å²) >= 11 is 4.08. The number of aromatic hydroxyl groups is 1. The van der Waals surface area contributed by atoms with Crippen LogP contribution in [0.2, 0.25) is 0 Å². The van der Waals surface area contributed by atoms with Crippen LogP contribution in [-0.2, 0) is 9.59 Å². The number of carbonyl (C=O) groups excluding carboxylic acids is 2. The number of hydrogen-bond donors (Lipinski definition) is 1. The lowest BCUT2D eigenvalue weighted by Gasteiger charge is -2.37. The predicted molar refractivity (Wildman–Crippen MR) is 105 cm³/mol. The van der Waals surface area contributed by atoms with Gasteiger partial charge in [0.1, 0.15) is 5.75 Å². The molecule has 0 unspecified atom stereocenters. The molecule has 1 aliphatic heterocycles. The first-order valence-corrected chi connectivity index (χ1v) is 9.91. The average Bonchev–Trinajstić information content (AvgIpc) is 2.85. The molecule has 2 fully saturated rings. The molecule has 3 aliphatic carbocycles. The summed E-state index contributed by atoms with van der Waals surface area (Å²) in [5.41, 5.74) is 0.748. The molecule has 1 N–H and O–H groups in total. The second-order valence-corrected chi connectivity index (χ2v) is 8.73. The molecule has 4 aliphatic rings. The lowest BCUT2D eigenvalue weighted by atomic mass is 9.63. The molecule has 24 heavy (non-hydrogen) atoms. The maximum absolute atomic E-state index is 12.7. The molecule has 7 heteroatoms. The van der Waals surface area contributed by atoms with Gasteiger partial charge in [-0.15, -0.1) is 0 Å². The van der Waals surface area contributed by atoms with E-state index in [-0.39, 0.29) is 41.2 Å². The zero-order valence-corrected chi connectivity index (χ0v) is 16.8. The van der Waals surface area contributed by atoms with Gasteiger partial charge in [0, 0.05) is 0 Å². The first-order chi connectivity index (χ1) is 11.5. The Hall–Kier alpha value is -0.970. The molecule has 1 saturated heterocycles. The van der Waals surface area contributed by atoms with Crippen molar-refractivity contribution in [2.24, 2.45) is 28.8 Å². The van der Waals surface area contributed by atoms with Gasteiger partial charge >= 0.3 is 0 Å². The van der Waals surface area contributed by atoms with Gasteiger partial charge in [0.2, 0.25) is 0 Å². The quantitative estimate of drug-likeness (QED) is 0.268. The summed E-state index contributed by atoms with van der Waals surface area (Å²) in [6, 6.07) is 3.54. The Morgan fingerprint density at radius 1 is 1.04 bits per heavy atom. The molecule has 2 amide bonds. The largest absolute Gasteiger partial charge is 0.506 e. The van der Waals surface area contributed by atoms with Gasteiger partial charge in [-0.1, -0.05) is 12.2 Å². The minimum atomic E-state index is -0.238. The molecule has 2 bridgehead atoms. The number of allylic oxidation sites excluding steroid dienone is 2. The van der Waals surface area contributed by atoms with Crippen LogP contribution in [0.15, 0.2) is 29.4 Å². The van der Waals surface area contributed by atoms with E-state index in [0.29, 0.717) is 7.14 Å². The van der Waals surface area contributed by atoms with Crippen molar-refractivity contribution in [3.63, 3.8) is 0 Å². The van der Waals surface area contributed by atoms with Crippen LogP contribution < -0.4 is 0 Å². The van der Waals surface area contributed by atoms with Crippen LogP contribution in [0.4, 0.5) is 0 Å². The van der Waals surface area contributed by atoms with E-state index in [1.165, 1.54) is 6.21 Å². The molecular formula is C17H14I2N2O3. The fraction of sp³-hybridized carbons (Fsp3) is 0.353. The van der Waals surface area contributed by atoms with Crippen LogP contribution in [0.1, 0.15) is 18.4 Å².